The lowest BCUT2D eigenvalue weighted by molar-refractivity contribution is 0.493. The Balaban J connectivity index is 2.03. The Bertz CT molecular complexity index is 522. The lowest BCUT2D eigenvalue weighted by atomic mass is 10.2. The van der Waals surface area contributed by atoms with Crippen LogP contribution >= 0.6 is 27.5 Å². The maximum absolute atomic E-state index is 6.02. The first-order chi connectivity index (χ1) is 9.19. The Labute approximate surface area is 126 Å². The number of hydrogen-bond donors (Lipinski definition) is 1. The molecule has 1 aromatic heterocycles. The van der Waals surface area contributed by atoms with Crippen LogP contribution in [-0.4, -0.2) is 18.1 Å². The Hall–Kier alpha value is -0.840. The van der Waals surface area contributed by atoms with Crippen LogP contribution in [0.1, 0.15) is 19.2 Å². The molecule has 0 spiro atoms. The largest absolute Gasteiger partial charge is 0.441 e. The Morgan fingerprint density at radius 1 is 1.37 bits per heavy atom. The highest BCUT2D eigenvalue weighted by Gasteiger charge is 2.08. The summed E-state index contributed by atoms with van der Waals surface area (Å²) in [5, 5.41) is 3.95. The van der Waals surface area contributed by atoms with Crippen molar-refractivity contribution < 1.29 is 4.42 Å². The van der Waals surface area contributed by atoms with Crippen molar-refractivity contribution >= 4 is 27.5 Å². The third kappa shape index (κ3) is 4.34. The van der Waals surface area contributed by atoms with Crippen LogP contribution in [0.2, 0.25) is 5.02 Å². The molecule has 0 amide bonds. The summed E-state index contributed by atoms with van der Waals surface area (Å²) < 4.78 is 6.67. The number of hydrogen-bond acceptors (Lipinski definition) is 3. The lowest BCUT2D eigenvalue weighted by Gasteiger charge is -2.00. The fourth-order valence-corrected chi connectivity index (χ4v) is 2.66. The van der Waals surface area contributed by atoms with Gasteiger partial charge in [0.15, 0.2) is 11.7 Å². The van der Waals surface area contributed by atoms with Crippen molar-refractivity contribution in [3.8, 4) is 11.3 Å². The summed E-state index contributed by atoms with van der Waals surface area (Å²) in [6, 6.07) is 5.68. The van der Waals surface area contributed by atoms with Crippen LogP contribution in [0.5, 0.6) is 0 Å². The first-order valence-electron chi connectivity index (χ1n) is 6.31. The van der Waals surface area contributed by atoms with Gasteiger partial charge >= 0.3 is 0 Å². The molecular weight excluding hydrogens is 328 g/mol. The predicted molar refractivity (Wildman–Crippen MR) is 81.5 cm³/mol. The van der Waals surface area contributed by atoms with Gasteiger partial charge in [-0.3, -0.25) is 0 Å². The molecule has 0 saturated carbocycles. The molecule has 0 aliphatic carbocycles. The maximum atomic E-state index is 6.02. The molecule has 2 rings (SSSR count). The molecule has 2 aromatic rings. The predicted octanol–water partition coefficient (Wildman–Crippen LogP) is 4.30. The van der Waals surface area contributed by atoms with Crippen molar-refractivity contribution in [1.29, 1.82) is 0 Å². The second-order valence-electron chi connectivity index (χ2n) is 4.23. The smallest absolute Gasteiger partial charge is 0.194 e. The number of nitrogens with zero attached hydrogens (tertiary/aromatic N) is 1. The van der Waals surface area contributed by atoms with Gasteiger partial charge in [0.05, 0.1) is 6.20 Å². The van der Waals surface area contributed by atoms with E-state index in [2.05, 4.69) is 33.2 Å². The zero-order valence-corrected chi connectivity index (χ0v) is 13.1. The normalized spacial score (nSPS) is 10.9. The molecular formula is C14H16BrClN2O. The lowest BCUT2D eigenvalue weighted by Crippen LogP contribution is -2.14. The third-order valence-electron chi connectivity index (χ3n) is 2.69. The van der Waals surface area contributed by atoms with Crippen molar-refractivity contribution in [3.05, 3.63) is 39.8 Å². The van der Waals surface area contributed by atoms with Gasteiger partial charge in [-0.05, 0) is 37.7 Å². The number of halogens is 2. The highest BCUT2D eigenvalue weighted by atomic mass is 79.9. The molecule has 1 heterocycles. The van der Waals surface area contributed by atoms with E-state index in [9.17, 15) is 0 Å². The molecule has 5 heteroatoms. The fourth-order valence-electron chi connectivity index (χ4n) is 1.80. The maximum Gasteiger partial charge on any atom is 0.194 e. The first kappa shape index (κ1) is 14.6. The summed E-state index contributed by atoms with van der Waals surface area (Å²) in [7, 11) is 0. The molecule has 1 aromatic carbocycles. The summed E-state index contributed by atoms with van der Waals surface area (Å²) >= 11 is 9.45. The minimum atomic E-state index is 0.675. The zero-order valence-electron chi connectivity index (χ0n) is 10.7. The van der Waals surface area contributed by atoms with E-state index in [4.69, 9.17) is 16.0 Å². The van der Waals surface area contributed by atoms with Crippen LogP contribution in [0, 0.1) is 0 Å². The highest BCUT2D eigenvalue weighted by Crippen LogP contribution is 2.28. The summed E-state index contributed by atoms with van der Waals surface area (Å²) in [6.45, 7) is 4.07. The highest BCUT2D eigenvalue weighted by molar-refractivity contribution is 9.10. The van der Waals surface area contributed by atoms with Gasteiger partial charge in [-0.25, -0.2) is 4.98 Å². The van der Waals surface area contributed by atoms with Crippen LogP contribution in [0.3, 0.4) is 0 Å². The summed E-state index contributed by atoms with van der Waals surface area (Å²) in [4.78, 5) is 4.30. The van der Waals surface area contributed by atoms with Gasteiger partial charge in [0, 0.05) is 21.5 Å². The number of aryl methyl sites for hydroxylation is 1. The molecule has 0 atom stereocenters. The average molecular weight is 344 g/mol. The van der Waals surface area contributed by atoms with Gasteiger partial charge in [-0.15, -0.1) is 0 Å². The van der Waals surface area contributed by atoms with Crippen LogP contribution in [-0.2, 0) is 6.42 Å². The molecule has 0 aliphatic heterocycles. The van der Waals surface area contributed by atoms with E-state index in [0.29, 0.717) is 5.02 Å². The van der Waals surface area contributed by atoms with Gasteiger partial charge in [0.25, 0.3) is 0 Å². The van der Waals surface area contributed by atoms with Gasteiger partial charge in [-0.2, -0.15) is 0 Å². The van der Waals surface area contributed by atoms with Crippen LogP contribution in [0.25, 0.3) is 11.3 Å². The van der Waals surface area contributed by atoms with Gasteiger partial charge in [0.1, 0.15) is 0 Å². The monoisotopic (exact) mass is 342 g/mol. The molecule has 102 valence electrons. The van der Waals surface area contributed by atoms with E-state index in [1.165, 1.54) is 0 Å². The summed E-state index contributed by atoms with van der Waals surface area (Å²) in [5.41, 5.74) is 0.935. The minimum Gasteiger partial charge on any atom is -0.441 e. The van der Waals surface area contributed by atoms with Crippen molar-refractivity contribution in [3.63, 3.8) is 0 Å². The fraction of sp³-hybridized carbons (Fsp3) is 0.357. The standard InChI is InChI=1S/C14H16BrClN2O/c1-2-17-5-3-4-14-18-9-13(19-14)10-6-11(15)8-12(16)7-10/h6-9,17H,2-5H2,1H3. The Morgan fingerprint density at radius 3 is 2.95 bits per heavy atom. The SMILES string of the molecule is CCNCCCc1ncc(-c2cc(Cl)cc(Br)c2)o1. The van der Waals surface area contributed by atoms with Crippen LogP contribution < -0.4 is 5.32 Å². The van der Waals surface area contributed by atoms with Crippen molar-refractivity contribution in [2.75, 3.05) is 13.1 Å². The van der Waals surface area contributed by atoms with E-state index in [0.717, 1.165) is 47.6 Å². The van der Waals surface area contributed by atoms with Crippen LogP contribution in [0.15, 0.2) is 33.3 Å². The van der Waals surface area contributed by atoms with E-state index in [1.54, 1.807) is 6.20 Å². The second-order valence-corrected chi connectivity index (χ2v) is 5.59. The number of oxazole rings is 1. The number of aromatic nitrogens is 1. The topological polar surface area (TPSA) is 38.1 Å². The minimum absolute atomic E-state index is 0.675. The quantitative estimate of drug-likeness (QED) is 0.795. The number of benzene rings is 1. The Morgan fingerprint density at radius 2 is 2.21 bits per heavy atom. The third-order valence-corrected chi connectivity index (χ3v) is 3.37. The molecule has 0 bridgehead atoms. The van der Waals surface area contributed by atoms with Gasteiger partial charge in [0.2, 0.25) is 0 Å². The van der Waals surface area contributed by atoms with Crippen molar-refractivity contribution in [2.24, 2.45) is 0 Å². The van der Waals surface area contributed by atoms with E-state index < -0.39 is 0 Å². The van der Waals surface area contributed by atoms with Gasteiger partial charge in [-0.1, -0.05) is 34.5 Å². The summed E-state index contributed by atoms with van der Waals surface area (Å²) in [6.07, 6.45) is 3.61. The van der Waals surface area contributed by atoms with E-state index in [-0.39, 0.29) is 0 Å². The molecule has 3 nitrogen and oxygen atoms in total. The molecule has 19 heavy (non-hydrogen) atoms. The first-order valence-corrected chi connectivity index (χ1v) is 7.48. The van der Waals surface area contributed by atoms with Gasteiger partial charge < -0.3 is 9.73 Å². The molecule has 1 N–H and O–H groups in total. The molecule has 0 saturated heterocycles. The summed E-state index contributed by atoms with van der Waals surface area (Å²) in [5.74, 6) is 1.52. The molecule has 0 aliphatic rings. The molecule has 0 unspecified atom stereocenters. The average Bonchev–Trinajstić information content (AvgIpc) is 2.82. The van der Waals surface area contributed by atoms with Crippen molar-refractivity contribution in [1.82, 2.24) is 10.3 Å². The molecule has 0 fully saturated rings. The van der Waals surface area contributed by atoms with E-state index >= 15 is 0 Å². The van der Waals surface area contributed by atoms with Crippen molar-refractivity contribution in [2.45, 2.75) is 19.8 Å². The molecule has 0 radical (unpaired) electrons. The number of nitrogens with one attached hydrogen (secondary N) is 1. The number of rotatable bonds is 6. The second kappa shape index (κ2) is 7.08. The zero-order chi connectivity index (χ0) is 13.7. The van der Waals surface area contributed by atoms with E-state index in [1.807, 2.05) is 18.2 Å². The van der Waals surface area contributed by atoms with Crippen LogP contribution in [0.4, 0.5) is 0 Å². The Kier molecular flexibility index (Phi) is 5.43.